The maximum absolute atomic E-state index is 13.8. The van der Waals surface area contributed by atoms with Crippen molar-refractivity contribution in [1.29, 1.82) is 0 Å². The monoisotopic (exact) mass is 628 g/mol. The molecule has 3 atom stereocenters. The van der Waals surface area contributed by atoms with Crippen LogP contribution in [0.2, 0.25) is 0 Å². The zero-order chi connectivity index (χ0) is 33.1. The summed E-state index contributed by atoms with van der Waals surface area (Å²) >= 11 is 0. The van der Waals surface area contributed by atoms with Gasteiger partial charge in [0.1, 0.15) is 12.1 Å². The van der Waals surface area contributed by atoms with Crippen LogP contribution in [0.15, 0.2) is 109 Å². The van der Waals surface area contributed by atoms with Gasteiger partial charge in [0.2, 0.25) is 11.8 Å². The smallest absolute Gasteiger partial charge is 0.262 e. The molecule has 6 amide bonds. The Balaban J connectivity index is 1.18. The second-order valence-electron chi connectivity index (χ2n) is 11.6. The number of amides is 6. The molecule has 6 rings (SSSR count). The van der Waals surface area contributed by atoms with Crippen molar-refractivity contribution >= 4 is 35.4 Å². The molecule has 0 radical (unpaired) electrons. The Kier molecular flexibility index (Phi) is 8.75. The van der Waals surface area contributed by atoms with Crippen molar-refractivity contribution in [1.82, 2.24) is 20.4 Å². The van der Waals surface area contributed by atoms with E-state index in [0.29, 0.717) is 0 Å². The number of fused-ring (bicyclic) bond motifs is 2. The third-order valence-electron chi connectivity index (χ3n) is 8.39. The number of imide groups is 2. The number of carbonyl (C=O) groups is 6. The van der Waals surface area contributed by atoms with Gasteiger partial charge in [-0.3, -0.25) is 38.6 Å². The fourth-order valence-electron chi connectivity index (χ4n) is 6.02. The fourth-order valence-corrected chi connectivity index (χ4v) is 6.02. The van der Waals surface area contributed by atoms with Crippen molar-refractivity contribution in [2.45, 2.75) is 37.9 Å². The van der Waals surface area contributed by atoms with Gasteiger partial charge in [-0.15, -0.1) is 0 Å². The molecule has 4 aromatic rings. The van der Waals surface area contributed by atoms with Crippen LogP contribution in [0.1, 0.15) is 59.5 Å². The zero-order valence-corrected chi connectivity index (χ0v) is 25.6. The number of hydrogen-bond acceptors (Lipinski definition) is 6. The Morgan fingerprint density at radius 2 is 0.872 bits per heavy atom. The molecule has 2 aliphatic rings. The summed E-state index contributed by atoms with van der Waals surface area (Å²) in [5.41, 5.74) is 2.47. The Bertz CT molecular complexity index is 1810. The molecule has 0 spiro atoms. The van der Waals surface area contributed by atoms with Gasteiger partial charge in [-0.25, -0.2) is 0 Å². The van der Waals surface area contributed by atoms with Gasteiger partial charge >= 0.3 is 0 Å². The summed E-state index contributed by atoms with van der Waals surface area (Å²) < 4.78 is 0. The molecule has 0 saturated carbocycles. The lowest BCUT2D eigenvalue weighted by molar-refractivity contribution is -0.127. The molecule has 0 aliphatic carbocycles. The second kappa shape index (κ2) is 13.2. The van der Waals surface area contributed by atoms with Crippen LogP contribution in [0.25, 0.3) is 0 Å². The van der Waals surface area contributed by atoms with Crippen LogP contribution in [0.4, 0.5) is 0 Å². The molecule has 0 unspecified atom stereocenters. The molecule has 236 valence electrons. The van der Waals surface area contributed by atoms with Crippen LogP contribution in [0.3, 0.4) is 0 Å². The average molecular weight is 629 g/mol. The number of benzene rings is 4. The minimum absolute atomic E-state index is 0.0425. The largest absolute Gasteiger partial charge is 0.352 e. The van der Waals surface area contributed by atoms with Gasteiger partial charge < -0.3 is 10.6 Å². The number of hydrogen-bond donors (Lipinski definition) is 2. The first-order chi connectivity index (χ1) is 22.7. The highest BCUT2D eigenvalue weighted by atomic mass is 16.2. The Morgan fingerprint density at radius 1 is 0.532 bits per heavy atom. The number of nitrogens with one attached hydrogen (secondary N) is 2. The van der Waals surface area contributed by atoms with E-state index in [-0.39, 0.29) is 41.6 Å². The van der Waals surface area contributed by atoms with E-state index in [1.54, 1.807) is 55.5 Å². The lowest BCUT2D eigenvalue weighted by atomic mass is 10.0. The molecule has 2 heterocycles. The molecule has 2 N–H and O–H groups in total. The second-order valence-corrected chi connectivity index (χ2v) is 11.6. The first-order valence-corrected chi connectivity index (χ1v) is 15.3. The summed E-state index contributed by atoms with van der Waals surface area (Å²) in [7, 11) is 0. The van der Waals surface area contributed by atoms with E-state index in [4.69, 9.17) is 0 Å². The van der Waals surface area contributed by atoms with E-state index >= 15 is 0 Å². The molecule has 0 fully saturated rings. The molecule has 0 saturated heterocycles. The Hall–Kier alpha value is -5.90. The third kappa shape index (κ3) is 6.17. The zero-order valence-electron chi connectivity index (χ0n) is 25.6. The summed E-state index contributed by atoms with van der Waals surface area (Å²) in [5.74, 6) is -3.32. The first kappa shape index (κ1) is 31.1. The van der Waals surface area contributed by atoms with E-state index < -0.39 is 53.6 Å². The molecule has 4 aromatic carbocycles. The molecule has 0 aromatic heterocycles. The molecular weight excluding hydrogens is 596 g/mol. The van der Waals surface area contributed by atoms with Crippen molar-refractivity contribution in [3.8, 4) is 0 Å². The van der Waals surface area contributed by atoms with Gasteiger partial charge in [-0.2, -0.15) is 0 Å². The maximum Gasteiger partial charge on any atom is 0.262 e. The van der Waals surface area contributed by atoms with Gasteiger partial charge in [0.15, 0.2) is 0 Å². The van der Waals surface area contributed by atoms with E-state index in [0.717, 1.165) is 20.9 Å². The van der Waals surface area contributed by atoms with Crippen molar-refractivity contribution in [3.63, 3.8) is 0 Å². The summed E-state index contributed by atoms with van der Waals surface area (Å²) in [5, 5.41) is 5.64. The normalized spacial score (nSPS) is 15.6. The van der Waals surface area contributed by atoms with Crippen molar-refractivity contribution in [3.05, 3.63) is 143 Å². The van der Waals surface area contributed by atoms with Crippen LogP contribution in [-0.4, -0.2) is 69.9 Å². The summed E-state index contributed by atoms with van der Waals surface area (Å²) in [6.45, 7) is 1.63. The van der Waals surface area contributed by atoms with Crippen LogP contribution < -0.4 is 10.6 Å². The standard InChI is InChI=1S/C37H32N4O6/c1-23(39-33(43)31(21-25-14-6-3-7-15-25)41-36(46)28-18-10-11-19-29(28)37(41)47)22-38-32(42)30(20-24-12-4-2-5-13-24)40-34(44)26-16-8-9-17-27(26)35(40)45/h2-19,23,30-31H,20-22H2,1H3,(H,38,42)(H,39,43)/t23-,30-,31+/m1/s1. The highest BCUT2D eigenvalue weighted by molar-refractivity contribution is 6.23. The molecule has 47 heavy (non-hydrogen) atoms. The summed E-state index contributed by atoms with van der Waals surface area (Å²) in [6, 6.07) is 28.1. The fraction of sp³-hybridized carbons (Fsp3) is 0.189. The topological polar surface area (TPSA) is 133 Å². The van der Waals surface area contributed by atoms with E-state index in [2.05, 4.69) is 10.6 Å². The van der Waals surface area contributed by atoms with Crippen molar-refractivity contribution in [2.24, 2.45) is 0 Å². The first-order valence-electron chi connectivity index (χ1n) is 15.3. The van der Waals surface area contributed by atoms with Crippen LogP contribution >= 0.6 is 0 Å². The van der Waals surface area contributed by atoms with Gasteiger partial charge in [-0.1, -0.05) is 84.9 Å². The van der Waals surface area contributed by atoms with Crippen LogP contribution in [0.5, 0.6) is 0 Å². The predicted molar refractivity (Wildman–Crippen MR) is 172 cm³/mol. The lowest BCUT2D eigenvalue weighted by Gasteiger charge is -2.28. The lowest BCUT2D eigenvalue weighted by Crippen LogP contribution is -2.55. The van der Waals surface area contributed by atoms with Gasteiger partial charge in [0.25, 0.3) is 23.6 Å². The number of nitrogens with zero attached hydrogens (tertiary/aromatic N) is 2. The molecule has 0 bridgehead atoms. The van der Waals surface area contributed by atoms with Crippen LogP contribution in [-0.2, 0) is 22.4 Å². The maximum atomic E-state index is 13.8. The molecule has 2 aliphatic heterocycles. The quantitative estimate of drug-likeness (QED) is 0.245. The SMILES string of the molecule is C[C@H](CNC(=O)[C@@H](Cc1ccccc1)N1C(=O)c2ccccc2C1=O)NC(=O)[C@H](Cc1ccccc1)N1C(=O)c2ccccc2C1=O. The average Bonchev–Trinajstić information content (AvgIpc) is 3.50. The third-order valence-corrected chi connectivity index (χ3v) is 8.39. The van der Waals surface area contributed by atoms with E-state index in [1.165, 1.54) is 0 Å². The minimum atomic E-state index is -1.15. The van der Waals surface area contributed by atoms with Gasteiger partial charge in [0.05, 0.1) is 22.3 Å². The van der Waals surface area contributed by atoms with Gasteiger partial charge in [-0.05, 0) is 42.3 Å². The summed E-state index contributed by atoms with van der Waals surface area (Å²) in [4.78, 5) is 82.8. The number of rotatable bonds is 11. The Labute approximate surface area is 271 Å². The van der Waals surface area contributed by atoms with E-state index in [9.17, 15) is 28.8 Å². The molecule has 10 heteroatoms. The van der Waals surface area contributed by atoms with Crippen molar-refractivity contribution in [2.75, 3.05) is 6.54 Å². The number of carbonyl (C=O) groups excluding carboxylic acids is 6. The molecule has 10 nitrogen and oxygen atoms in total. The predicted octanol–water partition coefficient (Wildman–Crippen LogP) is 3.42. The van der Waals surface area contributed by atoms with Crippen molar-refractivity contribution < 1.29 is 28.8 Å². The summed E-state index contributed by atoms with van der Waals surface area (Å²) in [6.07, 6.45) is 0.188. The van der Waals surface area contributed by atoms with E-state index in [1.807, 2.05) is 60.7 Å². The van der Waals surface area contributed by atoms with Crippen LogP contribution in [0, 0.1) is 0 Å². The Morgan fingerprint density at radius 3 is 1.26 bits per heavy atom. The highest BCUT2D eigenvalue weighted by Crippen LogP contribution is 2.27. The minimum Gasteiger partial charge on any atom is -0.352 e. The molecular formula is C37H32N4O6. The van der Waals surface area contributed by atoms with Gasteiger partial charge in [0, 0.05) is 25.4 Å². The highest BCUT2D eigenvalue weighted by Gasteiger charge is 2.44.